The summed E-state index contributed by atoms with van der Waals surface area (Å²) >= 11 is 0. The summed E-state index contributed by atoms with van der Waals surface area (Å²) in [5.74, 6) is -3.54. The molecule has 40 atom stereocenters. The van der Waals surface area contributed by atoms with Crippen molar-refractivity contribution in [2.45, 2.75) is 390 Å². The Morgan fingerprint density at radius 1 is 0.486 bits per heavy atom. The zero-order valence-electron chi connectivity index (χ0n) is 79.6. The monoisotopic (exact) mass is 1990 g/mol. The summed E-state index contributed by atoms with van der Waals surface area (Å²) in [7, 11) is 0. The molecule has 0 spiro atoms. The van der Waals surface area contributed by atoms with E-state index >= 15 is 0 Å². The van der Waals surface area contributed by atoms with Crippen molar-refractivity contribution in [1.82, 2.24) is 30.9 Å². The van der Waals surface area contributed by atoms with Crippen LogP contribution in [0.1, 0.15) is 191 Å². The molecule has 31 unspecified atom stereocenters. The second-order valence-corrected chi connectivity index (χ2v) is 41.5. The van der Waals surface area contributed by atoms with Crippen LogP contribution in [-0.2, 0) is 127 Å². The maximum absolute atomic E-state index is 14.9. The molecule has 22 saturated heterocycles. The van der Waals surface area contributed by atoms with Gasteiger partial charge in [0, 0.05) is 24.6 Å². The Balaban J connectivity index is 0.557. The van der Waals surface area contributed by atoms with Gasteiger partial charge in [-0.3, -0.25) is 34.1 Å². The van der Waals surface area contributed by atoms with Gasteiger partial charge in [0.15, 0.2) is 43.5 Å². The Kier molecular flexibility index (Phi) is 34.6. The summed E-state index contributed by atoms with van der Waals surface area (Å²) in [4.78, 5) is 85.3. The second kappa shape index (κ2) is 45.0. The van der Waals surface area contributed by atoms with E-state index in [4.69, 9.17) is 67.3 Å². The fourth-order valence-electron chi connectivity index (χ4n) is 23.9. The Morgan fingerprint density at radius 2 is 0.900 bits per heavy atom. The van der Waals surface area contributed by atoms with Gasteiger partial charge in [0.25, 0.3) is 0 Å². The Bertz CT molecular complexity index is 4750. The number of carbonyl (C=O) groups is 6. The molecule has 27 aliphatic rings. The average Bonchev–Trinajstić information content (AvgIpc) is 0.743. The second-order valence-electron chi connectivity index (χ2n) is 41.5. The van der Waals surface area contributed by atoms with Crippen molar-refractivity contribution in [2.24, 2.45) is 40.2 Å². The number of nitrogens with zero attached hydrogens (tertiary/aromatic N) is 3. The van der Waals surface area contributed by atoms with E-state index < -0.39 is 288 Å². The average molecular weight is 1990 g/mol. The SMILES string of the molecule is CC(C)[C@H](NC(=O)[C@H](N)CCCCNC(=O)COC1CCCCCc2c1nnn2CC1OC2OC3C(CO)OC(OC4C(CO)OC(OC5C(CO)OC(OC6C(CO)OC(OC7C(CO)OC(OC1C(O)C2O)C(O)C7O)C(O)C6O)C(O)C5O)C(O)C4O)C(O)C3O)C(=O)C[C@@H](C)C(=O)Nc1ccc2c(c1)[C@@]1(C)CCC[C@](C)(C(=O)NC(=O)[C@@]3(C)CCC[C@]4(C)c5cc(O)ccc5CC[C@@H]34)[C@@H]1CC2. The van der Waals surface area contributed by atoms with E-state index in [0.717, 1.165) is 61.6 Å². The van der Waals surface area contributed by atoms with Crippen molar-refractivity contribution < 1.29 is 182 Å². The van der Waals surface area contributed by atoms with E-state index in [1.54, 1.807) is 26.8 Å². The van der Waals surface area contributed by atoms with Gasteiger partial charge in [-0.05, 0) is 165 Å². The van der Waals surface area contributed by atoms with Gasteiger partial charge in [-0.2, -0.15) is 0 Å². The minimum absolute atomic E-state index is 0.0326. The normalized spacial score (nSPS) is 41.3. The lowest BCUT2D eigenvalue weighted by Gasteiger charge is -2.56. The number of hydrogen-bond acceptors (Lipinski definition) is 40. The molecule has 45 nitrogen and oxygen atoms in total. The van der Waals surface area contributed by atoms with Crippen LogP contribution in [0, 0.1) is 34.5 Å². The molecule has 23 heterocycles. The van der Waals surface area contributed by atoms with Gasteiger partial charge in [0.1, 0.15) is 171 Å². The molecule has 140 heavy (non-hydrogen) atoms. The number of hydrogen-bond donors (Lipinski definition) is 23. The molecule has 22 aliphatic heterocycles. The van der Waals surface area contributed by atoms with E-state index in [1.165, 1.54) is 10.2 Å². The van der Waals surface area contributed by atoms with Crippen molar-refractivity contribution >= 4 is 41.0 Å². The Hall–Kier alpha value is -6.64. The van der Waals surface area contributed by atoms with Crippen molar-refractivity contribution in [3.63, 3.8) is 0 Å². The number of carbonyl (C=O) groups excluding carboxylic acids is 6. The first-order valence-electron chi connectivity index (χ1n) is 49.2. The molecule has 3 aromatic rings. The number of nitrogens with one attached hydrogen (secondary N) is 4. The maximum atomic E-state index is 14.9. The number of fused-ring (bicyclic) bond motifs is 7. The van der Waals surface area contributed by atoms with Gasteiger partial charge in [0.05, 0.1) is 68.2 Å². The van der Waals surface area contributed by atoms with Crippen LogP contribution in [0.3, 0.4) is 0 Å². The molecule has 784 valence electrons. The van der Waals surface area contributed by atoms with Crippen molar-refractivity contribution in [2.75, 3.05) is 51.5 Å². The zero-order chi connectivity index (χ0) is 101. The van der Waals surface area contributed by atoms with Crippen LogP contribution in [0.4, 0.5) is 5.69 Å². The topological polar surface area (TPSA) is 691 Å². The van der Waals surface area contributed by atoms with Crippen LogP contribution in [0.5, 0.6) is 5.75 Å². The van der Waals surface area contributed by atoms with E-state index in [1.807, 2.05) is 44.2 Å². The molecule has 0 radical (unpaired) electrons. The minimum atomic E-state index is -2.26. The number of aryl methyl sites for hydroxylation is 2. The number of aliphatic hydroxyl groups excluding tert-OH is 17. The first-order chi connectivity index (χ1) is 66.6. The van der Waals surface area contributed by atoms with Crippen LogP contribution in [0.15, 0.2) is 36.4 Å². The number of imide groups is 1. The predicted molar refractivity (Wildman–Crippen MR) is 479 cm³/mol. The van der Waals surface area contributed by atoms with Gasteiger partial charge in [-0.1, -0.05) is 91.5 Å². The first-order valence-corrected chi connectivity index (χ1v) is 49.2. The molecular formula is C95H142N8O37. The first kappa shape index (κ1) is 108. The number of ketones is 1. The number of aliphatic hydroxyl groups is 17. The zero-order valence-corrected chi connectivity index (χ0v) is 79.6. The van der Waals surface area contributed by atoms with E-state index in [2.05, 4.69) is 45.4 Å². The third-order valence-corrected chi connectivity index (χ3v) is 31.9. The van der Waals surface area contributed by atoms with Crippen molar-refractivity contribution in [3.8, 4) is 5.75 Å². The molecule has 5 aliphatic carbocycles. The fourth-order valence-corrected chi connectivity index (χ4v) is 23.9. The van der Waals surface area contributed by atoms with E-state index in [0.29, 0.717) is 69.2 Å². The summed E-state index contributed by atoms with van der Waals surface area (Å²) in [6.07, 6.45) is -51.2. The molecule has 5 amide bonds. The third kappa shape index (κ3) is 21.6. The number of Topliss-reactive ketones (excluding diaryl/α,β-unsaturated/α-hetero) is 1. The van der Waals surface area contributed by atoms with Gasteiger partial charge in [-0.25, -0.2) is 4.68 Å². The number of aromatic hydroxyl groups is 1. The summed E-state index contributed by atoms with van der Waals surface area (Å²) in [5.41, 5.74) is 9.60. The number of rotatable bonds is 25. The van der Waals surface area contributed by atoms with E-state index in [9.17, 15) is 121 Å². The molecule has 1 aromatic heterocycles. The van der Waals surface area contributed by atoms with Crippen LogP contribution in [0.25, 0.3) is 0 Å². The number of aromatic nitrogens is 3. The molecule has 24 fully saturated rings. The van der Waals surface area contributed by atoms with Gasteiger partial charge >= 0.3 is 0 Å². The number of unbranched alkanes of at least 4 members (excludes halogenated alkanes) is 1. The molecule has 45 heteroatoms. The smallest absolute Gasteiger partial charge is 0.246 e. The summed E-state index contributed by atoms with van der Waals surface area (Å²) < 4.78 is 79.1. The lowest BCUT2D eigenvalue weighted by atomic mass is 9.49. The predicted octanol–water partition coefficient (Wildman–Crippen LogP) is -4.52. The highest BCUT2D eigenvalue weighted by Crippen LogP contribution is 2.61. The number of benzene rings is 2. The molecule has 30 rings (SSSR count). The third-order valence-electron chi connectivity index (χ3n) is 31.9. The largest absolute Gasteiger partial charge is 0.508 e. The summed E-state index contributed by atoms with van der Waals surface area (Å²) in [6.45, 7) is 7.49. The van der Waals surface area contributed by atoms with Crippen LogP contribution >= 0.6 is 0 Å². The lowest BCUT2D eigenvalue weighted by Crippen LogP contribution is -2.69. The highest BCUT2D eigenvalue weighted by Gasteiger charge is 2.63. The van der Waals surface area contributed by atoms with Gasteiger partial charge in [0.2, 0.25) is 29.5 Å². The Labute approximate surface area is 808 Å². The number of nitrogens with two attached hydrogens (primary N) is 1. The van der Waals surface area contributed by atoms with Gasteiger partial charge in [-0.15, -0.1) is 5.10 Å². The number of phenolic OH excluding ortho intramolecular Hbond substituents is 1. The van der Waals surface area contributed by atoms with Crippen molar-refractivity contribution in [1.29, 1.82) is 0 Å². The van der Waals surface area contributed by atoms with E-state index in [-0.39, 0.29) is 78.0 Å². The van der Waals surface area contributed by atoms with Gasteiger partial charge < -0.3 is 175 Å². The quantitative estimate of drug-likeness (QED) is 0.0281. The van der Waals surface area contributed by atoms with Crippen molar-refractivity contribution in [3.05, 3.63) is 70.0 Å². The molecule has 2 saturated carbocycles. The highest BCUT2D eigenvalue weighted by atomic mass is 16.8. The number of ether oxygens (including phenoxy) is 13. The Morgan fingerprint density at radius 3 is 1.33 bits per heavy atom. The van der Waals surface area contributed by atoms with Crippen LogP contribution < -0.4 is 27.0 Å². The molecule has 12 bridgehead atoms. The summed E-state index contributed by atoms with van der Waals surface area (Å²) in [6, 6.07) is 9.37. The lowest BCUT2D eigenvalue weighted by molar-refractivity contribution is -0.403. The number of amides is 5. The molecule has 24 N–H and O–H groups in total. The van der Waals surface area contributed by atoms with Crippen LogP contribution in [0.2, 0.25) is 0 Å². The fraction of sp³-hybridized carbons (Fsp3) is 0.789. The minimum Gasteiger partial charge on any atom is -0.508 e. The maximum Gasteiger partial charge on any atom is 0.246 e. The molecular weight excluding hydrogens is 1850 g/mol. The number of anilines is 1. The highest BCUT2D eigenvalue weighted by molar-refractivity contribution is 6.01. The molecule has 2 aromatic carbocycles. The number of phenols is 1. The standard InChI is InChI=1S/C95H142N8O37/c1-41(2)62(51(110)31-42(3)82(124)98-45-22-18-43-20-24-59-92(4,47(43)32-45)26-13-28-94(59,6)90(126)100-91(127)95(7)29-14-27-93(5)48-33-46(109)23-19-44(48)21-25-60(93)95)99-83(125)49(96)15-11-12-30-97-61(111)40-128-52-17-10-8-9-16-50-63(52)101-102-103(50)34-53-76-64(112)70(118)84(129-53)136-77-54(35-104)131-86(72(120)66(77)114)138-79-56(37-106)133-88(74(122)68(79)116)140-81-58(39-108)134-89(75(123)69(81)117)139-80-57(38-107)132-87(73(121)67(80)115)137-78-55(36-105)130-85(135-76)71(119)65(78)113/h18-19,22-23,32-33,41-42,49,52-60,62,64-81,84-89,104-109,112-123H,8-17,20-21,24-31,34-40,96H2,1-7H3,(H,97,111)(H,98,124)(H,99,125)(H,100,126,127)/t42-,49-,52?,53?,54?,55?,56?,57?,58?,59-,60-,62+,64?,65?,66?,67?,68?,69?,70?,71?,72?,73?,74?,75?,76?,77?,78?,79?,80?,81?,84?,85?,86?,87?,88?,89?,92-,93-,94+,95+/m1/s1. The summed E-state index contributed by atoms with van der Waals surface area (Å²) in [5, 5.41) is 226. The van der Waals surface area contributed by atoms with Crippen LogP contribution in [-0.4, -0.2) is 385 Å².